The van der Waals surface area contributed by atoms with Gasteiger partial charge in [-0.05, 0) is 18.8 Å². The van der Waals surface area contributed by atoms with E-state index in [1.807, 2.05) is 12.4 Å². The first kappa shape index (κ1) is 10.0. The summed E-state index contributed by atoms with van der Waals surface area (Å²) in [6.07, 6.45) is 6.01. The van der Waals surface area contributed by atoms with Crippen molar-refractivity contribution in [1.29, 1.82) is 0 Å². The number of aromatic nitrogens is 2. The molecule has 1 N–H and O–H groups in total. The quantitative estimate of drug-likeness (QED) is 0.798. The van der Waals surface area contributed by atoms with Crippen molar-refractivity contribution >= 4 is 5.82 Å². The molecule has 2 unspecified atom stereocenters. The molecule has 16 heavy (non-hydrogen) atoms. The normalized spacial score (nSPS) is 28.4. The van der Waals surface area contributed by atoms with Crippen molar-refractivity contribution in [1.82, 2.24) is 15.3 Å². The molecule has 86 valence electrons. The molecule has 2 fully saturated rings. The topological polar surface area (TPSA) is 41.1 Å². The van der Waals surface area contributed by atoms with Gasteiger partial charge in [0.2, 0.25) is 0 Å². The molecule has 0 bridgehead atoms. The molecule has 2 aliphatic rings. The van der Waals surface area contributed by atoms with Gasteiger partial charge in [0.1, 0.15) is 5.82 Å². The van der Waals surface area contributed by atoms with Crippen LogP contribution in [0.25, 0.3) is 0 Å². The van der Waals surface area contributed by atoms with Gasteiger partial charge < -0.3 is 10.2 Å². The predicted octanol–water partition coefficient (Wildman–Crippen LogP) is 0.837. The lowest BCUT2D eigenvalue weighted by Crippen LogP contribution is -2.34. The van der Waals surface area contributed by atoms with Crippen molar-refractivity contribution in [3.8, 4) is 0 Å². The molecular weight excluding hydrogens is 200 g/mol. The summed E-state index contributed by atoms with van der Waals surface area (Å²) in [5, 5.41) is 3.46. The van der Waals surface area contributed by atoms with E-state index < -0.39 is 0 Å². The Balaban J connectivity index is 1.86. The summed E-state index contributed by atoms with van der Waals surface area (Å²) in [6, 6.07) is 0.640. The number of hydrogen-bond donors (Lipinski definition) is 1. The van der Waals surface area contributed by atoms with E-state index in [0.717, 1.165) is 36.9 Å². The van der Waals surface area contributed by atoms with Crippen LogP contribution in [0.3, 0.4) is 0 Å². The number of aryl methyl sites for hydroxylation is 1. The number of rotatable bonds is 2. The van der Waals surface area contributed by atoms with Crippen LogP contribution in [0.2, 0.25) is 0 Å². The first-order valence-corrected chi connectivity index (χ1v) is 6.16. The number of nitrogens with zero attached hydrogens (tertiary/aromatic N) is 3. The van der Waals surface area contributed by atoms with E-state index >= 15 is 0 Å². The predicted molar refractivity (Wildman–Crippen MR) is 63.5 cm³/mol. The van der Waals surface area contributed by atoms with Gasteiger partial charge >= 0.3 is 0 Å². The van der Waals surface area contributed by atoms with Gasteiger partial charge in [-0.2, -0.15) is 0 Å². The minimum Gasteiger partial charge on any atom is -0.351 e. The Morgan fingerprint density at radius 3 is 3.25 bits per heavy atom. The highest BCUT2D eigenvalue weighted by atomic mass is 15.3. The van der Waals surface area contributed by atoms with Crippen LogP contribution < -0.4 is 10.2 Å². The van der Waals surface area contributed by atoms with Gasteiger partial charge in [0.15, 0.2) is 0 Å². The van der Waals surface area contributed by atoms with Gasteiger partial charge in [-0.1, -0.05) is 6.92 Å². The Bertz CT molecular complexity index is 379. The summed E-state index contributed by atoms with van der Waals surface area (Å²) in [6.45, 7) is 5.53. The Morgan fingerprint density at radius 1 is 1.44 bits per heavy atom. The fourth-order valence-electron chi connectivity index (χ4n) is 2.84. The van der Waals surface area contributed by atoms with Crippen molar-refractivity contribution in [3.05, 3.63) is 18.1 Å². The Morgan fingerprint density at radius 2 is 2.38 bits per heavy atom. The third-order valence-electron chi connectivity index (χ3n) is 3.77. The average molecular weight is 218 g/mol. The first-order chi connectivity index (χ1) is 7.88. The maximum absolute atomic E-state index is 4.67. The minimum atomic E-state index is 0.640. The maximum Gasteiger partial charge on any atom is 0.147 e. The first-order valence-electron chi connectivity index (χ1n) is 6.16. The molecule has 0 aromatic carbocycles. The molecule has 2 aliphatic heterocycles. The van der Waals surface area contributed by atoms with Crippen LogP contribution in [0.15, 0.2) is 12.4 Å². The summed E-state index contributed by atoms with van der Waals surface area (Å²) < 4.78 is 0. The molecule has 0 aliphatic carbocycles. The number of fused-ring (bicyclic) bond motifs is 1. The van der Waals surface area contributed by atoms with Gasteiger partial charge in [0.05, 0.1) is 11.9 Å². The van der Waals surface area contributed by atoms with Crippen LogP contribution in [-0.2, 0) is 6.42 Å². The summed E-state index contributed by atoms with van der Waals surface area (Å²) >= 11 is 0. The van der Waals surface area contributed by atoms with E-state index in [2.05, 4.69) is 27.1 Å². The zero-order valence-corrected chi connectivity index (χ0v) is 9.69. The highest BCUT2D eigenvalue weighted by Crippen LogP contribution is 2.30. The maximum atomic E-state index is 4.67. The molecule has 0 saturated carbocycles. The van der Waals surface area contributed by atoms with Crippen molar-refractivity contribution in [3.63, 3.8) is 0 Å². The van der Waals surface area contributed by atoms with Crippen molar-refractivity contribution in [2.45, 2.75) is 25.8 Å². The molecule has 1 aromatic rings. The van der Waals surface area contributed by atoms with E-state index in [9.17, 15) is 0 Å². The fraction of sp³-hybridized carbons (Fsp3) is 0.667. The van der Waals surface area contributed by atoms with Gasteiger partial charge in [0, 0.05) is 31.9 Å². The lowest BCUT2D eigenvalue weighted by atomic mass is 10.1. The second-order valence-electron chi connectivity index (χ2n) is 4.69. The van der Waals surface area contributed by atoms with E-state index in [4.69, 9.17) is 0 Å². The van der Waals surface area contributed by atoms with Crippen LogP contribution in [0.1, 0.15) is 19.0 Å². The number of anilines is 1. The zero-order valence-electron chi connectivity index (χ0n) is 9.69. The standard InChI is InChI=1S/C12H18N4/c1-2-10-6-14-8-12(15-10)16-4-3-9-5-13-7-11(9)16/h6,8-9,11,13H,2-5,7H2,1H3. The molecule has 4 heteroatoms. The minimum absolute atomic E-state index is 0.640. The second kappa shape index (κ2) is 4.01. The molecule has 2 saturated heterocycles. The summed E-state index contributed by atoms with van der Waals surface area (Å²) in [4.78, 5) is 11.4. The molecule has 0 amide bonds. The monoisotopic (exact) mass is 218 g/mol. The van der Waals surface area contributed by atoms with Gasteiger partial charge in [-0.15, -0.1) is 0 Å². The largest absolute Gasteiger partial charge is 0.351 e. The third kappa shape index (κ3) is 1.57. The Kier molecular flexibility index (Phi) is 2.52. The van der Waals surface area contributed by atoms with E-state index in [1.54, 1.807) is 0 Å². The van der Waals surface area contributed by atoms with Crippen LogP contribution >= 0.6 is 0 Å². The molecule has 3 rings (SSSR count). The average Bonchev–Trinajstić information content (AvgIpc) is 2.90. The molecular formula is C12H18N4. The van der Waals surface area contributed by atoms with Crippen molar-refractivity contribution < 1.29 is 0 Å². The number of hydrogen-bond acceptors (Lipinski definition) is 4. The highest BCUT2D eigenvalue weighted by Gasteiger charge is 2.38. The third-order valence-corrected chi connectivity index (χ3v) is 3.77. The zero-order chi connectivity index (χ0) is 11.0. The van der Waals surface area contributed by atoms with Crippen molar-refractivity contribution in [2.24, 2.45) is 5.92 Å². The highest BCUT2D eigenvalue weighted by molar-refractivity contribution is 5.40. The molecule has 0 spiro atoms. The van der Waals surface area contributed by atoms with E-state index in [-0.39, 0.29) is 0 Å². The Labute approximate surface area is 96.1 Å². The molecule has 1 aromatic heterocycles. The van der Waals surface area contributed by atoms with Gasteiger partial charge in [-0.25, -0.2) is 4.98 Å². The SMILES string of the molecule is CCc1cncc(N2CCC3CNCC32)n1. The lowest BCUT2D eigenvalue weighted by molar-refractivity contribution is 0.577. The molecule has 0 radical (unpaired) electrons. The van der Waals surface area contributed by atoms with Crippen molar-refractivity contribution in [2.75, 3.05) is 24.5 Å². The second-order valence-corrected chi connectivity index (χ2v) is 4.69. The van der Waals surface area contributed by atoms with E-state index in [1.165, 1.54) is 13.0 Å². The van der Waals surface area contributed by atoms with Gasteiger partial charge in [0.25, 0.3) is 0 Å². The smallest absolute Gasteiger partial charge is 0.147 e. The van der Waals surface area contributed by atoms with E-state index in [0.29, 0.717) is 6.04 Å². The van der Waals surface area contributed by atoms with Gasteiger partial charge in [-0.3, -0.25) is 4.98 Å². The summed E-state index contributed by atoms with van der Waals surface area (Å²) in [5.41, 5.74) is 1.09. The lowest BCUT2D eigenvalue weighted by Gasteiger charge is -2.24. The molecule has 2 atom stereocenters. The van der Waals surface area contributed by atoms with Crippen LogP contribution in [-0.4, -0.2) is 35.6 Å². The summed E-state index contributed by atoms with van der Waals surface area (Å²) in [5.74, 6) is 1.88. The fourth-order valence-corrected chi connectivity index (χ4v) is 2.84. The molecule has 4 nitrogen and oxygen atoms in total. The summed E-state index contributed by atoms with van der Waals surface area (Å²) in [7, 11) is 0. The van der Waals surface area contributed by atoms with Crippen LogP contribution in [0.5, 0.6) is 0 Å². The molecule has 3 heterocycles. The Hall–Kier alpha value is -1.16. The number of nitrogens with one attached hydrogen (secondary N) is 1. The van der Waals surface area contributed by atoms with Crippen LogP contribution in [0, 0.1) is 5.92 Å². The van der Waals surface area contributed by atoms with Crippen LogP contribution in [0.4, 0.5) is 5.82 Å².